The lowest BCUT2D eigenvalue weighted by Gasteiger charge is -2.26. The third kappa shape index (κ3) is 6.60. The predicted octanol–water partition coefficient (Wildman–Crippen LogP) is 2.15. The highest BCUT2D eigenvalue weighted by Crippen LogP contribution is 2.31. The van der Waals surface area contributed by atoms with Gasteiger partial charge in [0.2, 0.25) is 0 Å². The van der Waals surface area contributed by atoms with Crippen molar-refractivity contribution in [3.8, 4) is 11.5 Å². The van der Waals surface area contributed by atoms with Crippen molar-refractivity contribution in [1.29, 1.82) is 0 Å². The Bertz CT molecular complexity index is 835. The summed E-state index contributed by atoms with van der Waals surface area (Å²) in [6.45, 7) is 8.24. The Morgan fingerprint density at radius 1 is 1.26 bits per heavy atom. The molecule has 1 fully saturated rings. The van der Waals surface area contributed by atoms with Gasteiger partial charge in [-0.2, -0.15) is 0 Å². The Hall–Kier alpha value is -2.78. The van der Waals surface area contributed by atoms with Gasteiger partial charge in [0.05, 0.1) is 26.7 Å². The summed E-state index contributed by atoms with van der Waals surface area (Å²) >= 11 is 0. The first kappa shape index (κ1) is 22.9. The molecule has 0 radical (unpaired) electrons. The number of hydrogen-bond acceptors (Lipinski definition) is 6. The summed E-state index contributed by atoms with van der Waals surface area (Å²) in [6.07, 6.45) is 4.46. The number of amides is 2. The highest BCUT2D eigenvalue weighted by Gasteiger charge is 2.15. The van der Waals surface area contributed by atoms with E-state index in [-0.39, 0.29) is 6.03 Å². The van der Waals surface area contributed by atoms with E-state index >= 15 is 0 Å². The molecule has 9 nitrogen and oxygen atoms in total. The van der Waals surface area contributed by atoms with Crippen LogP contribution in [0.5, 0.6) is 11.5 Å². The van der Waals surface area contributed by atoms with E-state index in [1.54, 1.807) is 25.4 Å². The Kier molecular flexibility index (Phi) is 8.54. The van der Waals surface area contributed by atoms with Gasteiger partial charge < -0.3 is 24.1 Å². The zero-order valence-electron chi connectivity index (χ0n) is 18.7. The van der Waals surface area contributed by atoms with Gasteiger partial charge in [-0.3, -0.25) is 9.80 Å². The SMILES string of the molecule is COc1cc(N(C)C(=O)NCCCn2cncc2C)ccc1OCCN1CCOCC1. The fourth-order valence-corrected chi connectivity index (χ4v) is 3.40. The van der Waals surface area contributed by atoms with Crippen LogP contribution in [0.15, 0.2) is 30.7 Å². The number of carbonyl (C=O) groups is 1. The van der Waals surface area contributed by atoms with Crippen LogP contribution in [0.4, 0.5) is 10.5 Å². The third-order valence-electron chi connectivity index (χ3n) is 5.38. The summed E-state index contributed by atoms with van der Waals surface area (Å²) in [5.41, 5.74) is 1.85. The minimum absolute atomic E-state index is 0.162. The fraction of sp³-hybridized carbons (Fsp3) is 0.545. The van der Waals surface area contributed by atoms with Crippen molar-refractivity contribution in [3.05, 3.63) is 36.4 Å². The molecule has 1 aliphatic heterocycles. The Labute approximate surface area is 183 Å². The molecule has 3 rings (SSSR count). The number of hydrogen-bond donors (Lipinski definition) is 1. The van der Waals surface area contributed by atoms with Crippen LogP contribution in [0.3, 0.4) is 0 Å². The molecule has 0 atom stereocenters. The molecule has 1 aromatic heterocycles. The molecule has 1 N–H and O–H groups in total. The number of carbonyl (C=O) groups excluding carboxylic acids is 1. The summed E-state index contributed by atoms with van der Waals surface area (Å²) in [6, 6.07) is 5.36. The molecular formula is C22H33N5O4. The maximum absolute atomic E-state index is 12.5. The first-order valence-corrected chi connectivity index (χ1v) is 10.7. The molecule has 1 aliphatic rings. The number of nitrogens with zero attached hydrogens (tertiary/aromatic N) is 4. The standard InChI is InChI=1S/C22H33N5O4/c1-18-16-23-17-27(18)8-4-7-24-22(28)25(2)19-5-6-20(21(15-19)29-3)31-14-11-26-9-12-30-13-10-26/h5-6,15-17H,4,7-14H2,1-3H3,(H,24,28). The maximum Gasteiger partial charge on any atom is 0.321 e. The fourth-order valence-electron chi connectivity index (χ4n) is 3.40. The lowest BCUT2D eigenvalue weighted by atomic mass is 10.2. The first-order valence-electron chi connectivity index (χ1n) is 10.7. The molecule has 0 aliphatic carbocycles. The molecule has 31 heavy (non-hydrogen) atoms. The molecule has 0 bridgehead atoms. The monoisotopic (exact) mass is 431 g/mol. The van der Waals surface area contributed by atoms with Gasteiger partial charge >= 0.3 is 6.03 Å². The topological polar surface area (TPSA) is 81.1 Å². The molecule has 9 heteroatoms. The van der Waals surface area contributed by atoms with E-state index in [0.717, 1.165) is 57.2 Å². The molecule has 0 unspecified atom stereocenters. The van der Waals surface area contributed by atoms with Gasteiger partial charge in [-0.1, -0.05) is 0 Å². The van der Waals surface area contributed by atoms with Gasteiger partial charge in [0.15, 0.2) is 11.5 Å². The number of urea groups is 1. The number of methoxy groups -OCH3 is 1. The van der Waals surface area contributed by atoms with Crippen molar-refractivity contribution < 1.29 is 19.0 Å². The van der Waals surface area contributed by atoms with Crippen LogP contribution >= 0.6 is 0 Å². The van der Waals surface area contributed by atoms with Crippen LogP contribution in [0.25, 0.3) is 0 Å². The number of nitrogens with one attached hydrogen (secondary N) is 1. The van der Waals surface area contributed by atoms with Gasteiger partial charge in [-0.25, -0.2) is 9.78 Å². The smallest absolute Gasteiger partial charge is 0.321 e. The summed E-state index contributed by atoms with van der Waals surface area (Å²) in [5.74, 6) is 1.28. The normalized spacial score (nSPS) is 14.3. The largest absolute Gasteiger partial charge is 0.493 e. The minimum Gasteiger partial charge on any atom is -0.493 e. The number of rotatable bonds is 10. The second-order valence-corrected chi connectivity index (χ2v) is 7.51. The second-order valence-electron chi connectivity index (χ2n) is 7.51. The van der Waals surface area contributed by atoms with Gasteiger partial charge in [0.1, 0.15) is 6.61 Å². The van der Waals surface area contributed by atoms with Gasteiger partial charge in [0, 0.05) is 63.4 Å². The van der Waals surface area contributed by atoms with Crippen molar-refractivity contribution in [1.82, 2.24) is 19.8 Å². The molecule has 1 saturated heterocycles. The molecule has 2 heterocycles. The minimum atomic E-state index is -0.162. The number of ether oxygens (including phenoxy) is 3. The van der Waals surface area contributed by atoms with Crippen molar-refractivity contribution in [3.63, 3.8) is 0 Å². The van der Waals surface area contributed by atoms with Gasteiger partial charge in [-0.05, 0) is 25.5 Å². The quantitative estimate of drug-likeness (QED) is 0.581. The van der Waals surface area contributed by atoms with Crippen molar-refractivity contribution in [2.75, 3.05) is 65.1 Å². The second kappa shape index (κ2) is 11.6. The first-order chi connectivity index (χ1) is 15.1. The summed E-state index contributed by atoms with van der Waals surface area (Å²) in [5, 5.41) is 2.95. The van der Waals surface area contributed by atoms with E-state index in [0.29, 0.717) is 24.7 Å². The zero-order valence-corrected chi connectivity index (χ0v) is 18.7. The molecule has 1 aromatic carbocycles. The number of benzene rings is 1. The van der Waals surface area contributed by atoms with Crippen molar-refractivity contribution >= 4 is 11.7 Å². The lowest BCUT2D eigenvalue weighted by molar-refractivity contribution is 0.0321. The number of imidazole rings is 1. The molecule has 170 valence electrons. The average molecular weight is 432 g/mol. The van der Waals surface area contributed by atoms with Crippen LogP contribution < -0.4 is 19.7 Å². The number of aromatic nitrogens is 2. The Morgan fingerprint density at radius 2 is 2.06 bits per heavy atom. The number of aryl methyl sites for hydroxylation is 2. The summed E-state index contributed by atoms with van der Waals surface area (Å²) in [7, 11) is 3.34. The van der Waals surface area contributed by atoms with Crippen molar-refractivity contribution in [2.45, 2.75) is 19.9 Å². The molecular weight excluding hydrogens is 398 g/mol. The zero-order chi connectivity index (χ0) is 22.1. The molecule has 2 aromatic rings. The molecule has 0 saturated carbocycles. The van der Waals surface area contributed by atoms with Crippen molar-refractivity contribution in [2.24, 2.45) is 0 Å². The van der Waals surface area contributed by atoms with E-state index in [4.69, 9.17) is 14.2 Å². The number of anilines is 1. The summed E-state index contributed by atoms with van der Waals surface area (Å²) in [4.78, 5) is 20.5. The van der Waals surface area contributed by atoms with Gasteiger partial charge in [-0.15, -0.1) is 0 Å². The van der Waals surface area contributed by atoms with Crippen LogP contribution in [0.2, 0.25) is 0 Å². The van der Waals surface area contributed by atoms with Crippen LogP contribution in [-0.4, -0.2) is 80.6 Å². The van der Waals surface area contributed by atoms with Crippen LogP contribution in [0.1, 0.15) is 12.1 Å². The van der Waals surface area contributed by atoms with E-state index < -0.39 is 0 Å². The van der Waals surface area contributed by atoms with E-state index in [9.17, 15) is 4.79 Å². The van der Waals surface area contributed by atoms with Gasteiger partial charge in [0.25, 0.3) is 0 Å². The van der Waals surface area contributed by atoms with Crippen LogP contribution in [0, 0.1) is 6.92 Å². The third-order valence-corrected chi connectivity index (χ3v) is 5.38. The predicted molar refractivity (Wildman–Crippen MR) is 119 cm³/mol. The van der Waals surface area contributed by atoms with E-state index in [2.05, 4.69) is 19.8 Å². The highest BCUT2D eigenvalue weighted by atomic mass is 16.5. The Balaban J connectivity index is 1.46. The van der Waals surface area contributed by atoms with Crippen LogP contribution in [-0.2, 0) is 11.3 Å². The van der Waals surface area contributed by atoms with E-state index in [1.165, 1.54) is 0 Å². The molecule has 2 amide bonds. The summed E-state index contributed by atoms with van der Waals surface area (Å²) < 4.78 is 18.8. The highest BCUT2D eigenvalue weighted by molar-refractivity contribution is 5.91. The number of morpholine rings is 1. The van der Waals surface area contributed by atoms with E-state index in [1.807, 2.05) is 31.3 Å². The Morgan fingerprint density at radius 3 is 2.77 bits per heavy atom. The lowest BCUT2D eigenvalue weighted by Crippen LogP contribution is -2.38. The average Bonchev–Trinajstić information content (AvgIpc) is 3.21. The molecule has 0 spiro atoms. The maximum atomic E-state index is 12.5.